The Hall–Kier alpha value is -0.390. The maximum Gasteiger partial charge on any atom is 0.253 e. The van der Waals surface area contributed by atoms with Crippen LogP contribution in [0.2, 0.25) is 0 Å². The number of hydrogen-bond acceptors (Lipinski definition) is 2. The second kappa shape index (κ2) is 7.41. The molecule has 0 fully saturated rings. The Labute approximate surface area is 131 Å². The fraction of sp³-hybridized carbons (Fsp3) is 0.500. The van der Waals surface area contributed by atoms with Gasteiger partial charge in [0.05, 0.1) is 0 Å². The summed E-state index contributed by atoms with van der Waals surface area (Å²) in [4.78, 5) is 14.0. The van der Waals surface area contributed by atoms with E-state index in [2.05, 4.69) is 45.7 Å². The van der Waals surface area contributed by atoms with E-state index >= 15 is 0 Å². The molecule has 1 unspecified atom stereocenters. The minimum Gasteiger partial charge on any atom is -0.342 e. The van der Waals surface area contributed by atoms with E-state index in [0.717, 1.165) is 15.4 Å². The topological polar surface area (TPSA) is 46.3 Å². The van der Waals surface area contributed by atoms with Gasteiger partial charge in [0, 0.05) is 34.1 Å². The number of carbonyl (C=O) groups excluding carboxylic acids is 1. The normalized spacial score (nSPS) is 12.6. The Kier molecular flexibility index (Phi) is 6.50. The van der Waals surface area contributed by atoms with E-state index in [1.165, 1.54) is 0 Å². The summed E-state index contributed by atoms with van der Waals surface area (Å²) >= 11 is 6.78. The van der Waals surface area contributed by atoms with Crippen molar-refractivity contribution >= 4 is 37.8 Å². The predicted octanol–water partition coefficient (Wildman–Crippen LogP) is 3.66. The van der Waals surface area contributed by atoms with Crippen LogP contribution in [0.1, 0.15) is 30.6 Å². The third-order valence-corrected chi connectivity index (χ3v) is 4.03. The quantitative estimate of drug-likeness (QED) is 0.832. The molecule has 1 amide bonds. The Morgan fingerprint density at radius 2 is 1.79 bits per heavy atom. The molecule has 5 heteroatoms. The molecule has 0 saturated heterocycles. The third kappa shape index (κ3) is 5.24. The number of amides is 1. The number of carbonyl (C=O) groups is 1. The van der Waals surface area contributed by atoms with Gasteiger partial charge in [-0.2, -0.15) is 0 Å². The molecule has 0 aliphatic rings. The number of nitrogens with two attached hydrogens (primary N) is 1. The van der Waals surface area contributed by atoms with E-state index in [-0.39, 0.29) is 11.9 Å². The van der Waals surface area contributed by atoms with Gasteiger partial charge in [-0.05, 0) is 30.5 Å². The van der Waals surface area contributed by atoms with Crippen LogP contribution in [-0.2, 0) is 0 Å². The van der Waals surface area contributed by atoms with Gasteiger partial charge in [0.15, 0.2) is 0 Å². The number of halogens is 2. The Bertz CT molecular complexity index is 429. The number of hydrogen-bond donors (Lipinski definition) is 1. The highest BCUT2D eigenvalue weighted by molar-refractivity contribution is 9.11. The summed E-state index contributed by atoms with van der Waals surface area (Å²) in [6, 6.07) is 5.69. The average Bonchev–Trinajstić information content (AvgIpc) is 2.33. The van der Waals surface area contributed by atoms with Crippen LogP contribution in [0.15, 0.2) is 27.1 Å². The van der Waals surface area contributed by atoms with Crippen molar-refractivity contribution in [2.75, 3.05) is 13.6 Å². The maximum atomic E-state index is 12.3. The van der Waals surface area contributed by atoms with E-state index in [0.29, 0.717) is 18.0 Å². The largest absolute Gasteiger partial charge is 0.342 e. The Morgan fingerprint density at radius 1 is 1.26 bits per heavy atom. The van der Waals surface area contributed by atoms with E-state index in [1.54, 1.807) is 4.90 Å². The first-order valence-electron chi connectivity index (χ1n) is 6.28. The SMILES string of the molecule is CC(C)C(N)CCN(C)C(=O)c1cc(Br)cc(Br)c1. The van der Waals surface area contributed by atoms with Gasteiger partial charge in [-0.1, -0.05) is 45.7 Å². The summed E-state index contributed by atoms with van der Waals surface area (Å²) in [6.07, 6.45) is 0.815. The van der Waals surface area contributed by atoms with Crippen molar-refractivity contribution in [3.8, 4) is 0 Å². The predicted molar refractivity (Wildman–Crippen MR) is 86.2 cm³/mol. The molecule has 19 heavy (non-hydrogen) atoms. The van der Waals surface area contributed by atoms with Crippen molar-refractivity contribution in [1.29, 1.82) is 0 Å². The maximum absolute atomic E-state index is 12.3. The molecule has 0 heterocycles. The molecular formula is C14H20Br2N2O. The highest BCUT2D eigenvalue weighted by atomic mass is 79.9. The molecule has 0 aliphatic carbocycles. The van der Waals surface area contributed by atoms with Gasteiger partial charge in [0.1, 0.15) is 0 Å². The fourth-order valence-corrected chi connectivity index (χ4v) is 2.97. The standard InChI is InChI=1S/C14H20Br2N2O/c1-9(2)13(17)4-5-18(3)14(19)10-6-11(15)8-12(16)7-10/h6-9,13H,4-5,17H2,1-3H3. The number of benzene rings is 1. The summed E-state index contributed by atoms with van der Waals surface area (Å²) in [5, 5.41) is 0. The molecule has 0 aromatic heterocycles. The lowest BCUT2D eigenvalue weighted by atomic mass is 10.0. The minimum atomic E-state index is 0.0120. The van der Waals surface area contributed by atoms with Crippen LogP contribution >= 0.6 is 31.9 Å². The zero-order valence-corrected chi connectivity index (χ0v) is 14.7. The lowest BCUT2D eigenvalue weighted by molar-refractivity contribution is 0.0789. The van der Waals surface area contributed by atoms with E-state index in [9.17, 15) is 4.79 Å². The van der Waals surface area contributed by atoms with Crippen LogP contribution in [-0.4, -0.2) is 30.4 Å². The van der Waals surface area contributed by atoms with Crippen LogP contribution < -0.4 is 5.73 Å². The van der Waals surface area contributed by atoms with Gasteiger partial charge in [0.25, 0.3) is 5.91 Å². The summed E-state index contributed by atoms with van der Waals surface area (Å²) in [5.74, 6) is 0.446. The van der Waals surface area contributed by atoms with E-state index in [4.69, 9.17) is 5.73 Å². The van der Waals surface area contributed by atoms with Gasteiger partial charge < -0.3 is 10.6 Å². The molecule has 1 aromatic rings. The highest BCUT2D eigenvalue weighted by Crippen LogP contribution is 2.21. The summed E-state index contributed by atoms with van der Waals surface area (Å²) < 4.78 is 1.77. The molecular weight excluding hydrogens is 372 g/mol. The summed E-state index contributed by atoms with van der Waals surface area (Å²) in [5.41, 5.74) is 6.67. The molecule has 1 rings (SSSR count). The zero-order valence-electron chi connectivity index (χ0n) is 11.5. The van der Waals surface area contributed by atoms with Gasteiger partial charge in [0.2, 0.25) is 0 Å². The van der Waals surface area contributed by atoms with E-state index in [1.807, 2.05) is 25.2 Å². The van der Waals surface area contributed by atoms with Crippen molar-refractivity contribution < 1.29 is 4.79 Å². The van der Waals surface area contributed by atoms with E-state index < -0.39 is 0 Å². The van der Waals surface area contributed by atoms with Crippen molar-refractivity contribution in [2.24, 2.45) is 11.7 Å². The second-order valence-electron chi connectivity index (χ2n) is 5.08. The Balaban J connectivity index is 2.66. The third-order valence-electron chi connectivity index (χ3n) is 3.11. The number of rotatable bonds is 5. The molecule has 0 radical (unpaired) electrons. The first-order chi connectivity index (χ1) is 8.81. The molecule has 0 bridgehead atoms. The van der Waals surface area contributed by atoms with Crippen LogP contribution in [0.4, 0.5) is 0 Å². The molecule has 1 atom stereocenters. The van der Waals surface area contributed by atoms with Crippen molar-refractivity contribution in [2.45, 2.75) is 26.3 Å². The Morgan fingerprint density at radius 3 is 2.26 bits per heavy atom. The lowest BCUT2D eigenvalue weighted by Crippen LogP contribution is -2.34. The summed E-state index contributed by atoms with van der Waals surface area (Å²) in [6.45, 7) is 4.86. The van der Waals surface area contributed by atoms with Crippen LogP contribution in [0.3, 0.4) is 0 Å². The highest BCUT2D eigenvalue weighted by Gasteiger charge is 2.15. The molecule has 1 aromatic carbocycles. The van der Waals surface area contributed by atoms with Crippen molar-refractivity contribution in [1.82, 2.24) is 4.90 Å². The molecule has 0 aliphatic heterocycles. The monoisotopic (exact) mass is 390 g/mol. The van der Waals surface area contributed by atoms with Crippen LogP contribution in [0.5, 0.6) is 0 Å². The van der Waals surface area contributed by atoms with Crippen molar-refractivity contribution in [3.05, 3.63) is 32.7 Å². The first kappa shape index (κ1) is 16.7. The van der Waals surface area contributed by atoms with Crippen LogP contribution in [0.25, 0.3) is 0 Å². The zero-order chi connectivity index (χ0) is 14.6. The van der Waals surface area contributed by atoms with Gasteiger partial charge >= 0.3 is 0 Å². The second-order valence-corrected chi connectivity index (χ2v) is 6.91. The lowest BCUT2D eigenvalue weighted by Gasteiger charge is -2.21. The molecule has 0 spiro atoms. The van der Waals surface area contributed by atoms with Crippen LogP contribution in [0, 0.1) is 5.92 Å². The van der Waals surface area contributed by atoms with Gasteiger partial charge in [-0.25, -0.2) is 0 Å². The molecule has 106 valence electrons. The first-order valence-corrected chi connectivity index (χ1v) is 7.87. The minimum absolute atomic E-state index is 0.0120. The van der Waals surface area contributed by atoms with Gasteiger partial charge in [-0.15, -0.1) is 0 Å². The molecule has 3 nitrogen and oxygen atoms in total. The molecule has 0 saturated carbocycles. The average molecular weight is 392 g/mol. The molecule has 2 N–H and O–H groups in total. The smallest absolute Gasteiger partial charge is 0.253 e. The number of nitrogens with zero attached hydrogens (tertiary/aromatic N) is 1. The summed E-state index contributed by atoms with van der Waals surface area (Å²) in [7, 11) is 1.81. The fourth-order valence-electron chi connectivity index (χ4n) is 1.68. The van der Waals surface area contributed by atoms with Gasteiger partial charge in [-0.3, -0.25) is 4.79 Å². The van der Waals surface area contributed by atoms with Crippen molar-refractivity contribution in [3.63, 3.8) is 0 Å².